The van der Waals surface area contributed by atoms with E-state index in [0.717, 1.165) is 32.2 Å². The van der Waals surface area contributed by atoms with E-state index < -0.39 is 0 Å². The van der Waals surface area contributed by atoms with Crippen molar-refractivity contribution in [2.75, 3.05) is 46.0 Å². The number of rotatable bonds is 6. The number of morpholine rings is 1. The van der Waals surface area contributed by atoms with E-state index in [4.69, 9.17) is 9.47 Å². The second-order valence-electron chi connectivity index (χ2n) is 6.33. The first-order valence-electron chi connectivity index (χ1n) is 8.94. The van der Waals surface area contributed by atoms with E-state index in [0.29, 0.717) is 39.5 Å². The highest BCUT2D eigenvalue weighted by atomic mass is 16.5. The van der Waals surface area contributed by atoms with Crippen molar-refractivity contribution in [1.82, 2.24) is 9.80 Å². The molecule has 2 fully saturated rings. The van der Waals surface area contributed by atoms with E-state index in [-0.39, 0.29) is 23.8 Å². The van der Waals surface area contributed by atoms with Crippen LogP contribution in [0.4, 0.5) is 0 Å². The molecule has 0 saturated carbocycles. The Balaban J connectivity index is 1.97. The van der Waals surface area contributed by atoms with Crippen molar-refractivity contribution in [3.63, 3.8) is 0 Å². The van der Waals surface area contributed by atoms with Gasteiger partial charge in [0.1, 0.15) is 6.04 Å². The van der Waals surface area contributed by atoms with E-state index in [1.54, 1.807) is 0 Å². The topological polar surface area (TPSA) is 59.1 Å². The zero-order valence-electron chi connectivity index (χ0n) is 14.5. The first kappa shape index (κ1) is 18.2. The van der Waals surface area contributed by atoms with Gasteiger partial charge >= 0.3 is 5.97 Å². The van der Waals surface area contributed by atoms with Crippen molar-refractivity contribution >= 4 is 11.9 Å². The van der Waals surface area contributed by atoms with E-state index in [2.05, 4.69) is 11.8 Å². The summed E-state index contributed by atoms with van der Waals surface area (Å²) in [5, 5.41) is 0. The van der Waals surface area contributed by atoms with Crippen LogP contribution in [-0.2, 0) is 19.1 Å². The van der Waals surface area contributed by atoms with Gasteiger partial charge in [0, 0.05) is 19.6 Å². The molecular weight excluding hydrogens is 296 g/mol. The number of piperidine rings is 1. The van der Waals surface area contributed by atoms with Crippen molar-refractivity contribution in [2.24, 2.45) is 5.92 Å². The van der Waals surface area contributed by atoms with Gasteiger partial charge in [0.15, 0.2) is 0 Å². The molecule has 0 unspecified atom stereocenters. The maximum atomic E-state index is 12.7. The molecule has 0 spiro atoms. The maximum absolute atomic E-state index is 12.7. The number of hydrogen-bond acceptors (Lipinski definition) is 5. The van der Waals surface area contributed by atoms with Gasteiger partial charge in [-0.25, -0.2) is 0 Å². The number of nitrogens with zero attached hydrogens (tertiary/aromatic N) is 2. The van der Waals surface area contributed by atoms with E-state index in [1.807, 2.05) is 11.8 Å². The number of carbonyl (C=O) groups is 2. The largest absolute Gasteiger partial charge is 0.465 e. The van der Waals surface area contributed by atoms with E-state index in [1.165, 1.54) is 0 Å². The van der Waals surface area contributed by atoms with Crippen molar-refractivity contribution in [2.45, 2.75) is 45.6 Å². The molecule has 2 aliphatic heterocycles. The molecule has 23 heavy (non-hydrogen) atoms. The Morgan fingerprint density at radius 3 is 2.61 bits per heavy atom. The first-order valence-corrected chi connectivity index (χ1v) is 8.94. The summed E-state index contributed by atoms with van der Waals surface area (Å²) in [6.07, 6.45) is 3.59. The summed E-state index contributed by atoms with van der Waals surface area (Å²) in [5.74, 6) is 0.0709. The van der Waals surface area contributed by atoms with Gasteiger partial charge in [-0.15, -0.1) is 0 Å². The van der Waals surface area contributed by atoms with Crippen molar-refractivity contribution in [3.8, 4) is 0 Å². The number of carbonyl (C=O) groups excluding carboxylic acids is 2. The summed E-state index contributed by atoms with van der Waals surface area (Å²) in [7, 11) is 0. The average Bonchev–Trinajstić information content (AvgIpc) is 2.60. The molecule has 132 valence electrons. The third kappa shape index (κ3) is 4.91. The summed E-state index contributed by atoms with van der Waals surface area (Å²) in [6, 6.07) is -0.208. The first-order chi connectivity index (χ1) is 11.2. The quantitative estimate of drug-likeness (QED) is 0.689. The smallest absolute Gasteiger partial charge is 0.323 e. The Morgan fingerprint density at radius 2 is 1.96 bits per heavy atom. The van der Waals surface area contributed by atoms with Crippen molar-refractivity contribution in [3.05, 3.63) is 0 Å². The SMILES string of the molecule is CCC[C@@H](C(=O)OCC)N1CCC[C@H](C(=O)N2CCOCC2)C1. The van der Waals surface area contributed by atoms with Crippen LogP contribution in [0.5, 0.6) is 0 Å². The molecule has 2 heterocycles. The van der Waals surface area contributed by atoms with Crippen LogP contribution < -0.4 is 0 Å². The van der Waals surface area contributed by atoms with Gasteiger partial charge in [0.2, 0.25) is 5.91 Å². The van der Waals surface area contributed by atoms with Gasteiger partial charge in [0.05, 0.1) is 25.7 Å². The molecule has 6 heteroatoms. The average molecular weight is 326 g/mol. The number of esters is 1. The highest BCUT2D eigenvalue weighted by Crippen LogP contribution is 2.23. The fourth-order valence-electron chi connectivity index (χ4n) is 3.49. The van der Waals surface area contributed by atoms with Gasteiger partial charge < -0.3 is 14.4 Å². The molecule has 2 atom stereocenters. The summed E-state index contributed by atoms with van der Waals surface area (Å²) in [6.45, 7) is 8.48. The molecule has 0 bridgehead atoms. The lowest BCUT2D eigenvalue weighted by Crippen LogP contribution is -2.52. The zero-order valence-corrected chi connectivity index (χ0v) is 14.5. The molecule has 1 amide bonds. The zero-order chi connectivity index (χ0) is 16.7. The minimum absolute atomic E-state index is 0.00404. The Hall–Kier alpha value is -1.14. The van der Waals surface area contributed by atoms with E-state index >= 15 is 0 Å². The monoisotopic (exact) mass is 326 g/mol. The number of amides is 1. The fraction of sp³-hybridized carbons (Fsp3) is 0.882. The third-order valence-electron chi connectivity index (χ3n) is 4.69. The summed E-state index contributed by atoms with van der Waals surface area (Å²) >= 11 is 0. The number of hydrogen-bond donors (Lipinski definition) is 0. The second-order valence-corrected chi connectivity index (χ2v) is 6.33. The lowest BCUT2D eigenvalue weighted by Gasteiger charge is -2.38. The van der Waals surface area contributed by atoms with Crippen LogP contribution in [0.2, 0.25) is 0 Å². The lowest BCUT2D eigenvalue weighted by atomic mass is 9.94. The highest BCUT2D eigenvalue weighted by molar-refractivity contribution is 5.80. The van der Waals surface area contributed by atoms with Gasteiger partial charge in [-0.3, -0.25) is 14.5 Å². The molecule has 0 aromatic rings. The van der Waals surface area contributed by atoms with Crippen LogP contribution in [0.1, 0.15) is 39.5 Å². The van der Waals surface area contributed by atoms with Gasteiger partial charge in [0.25, 0.3) is 0 Å². The molecule has 2 saturated heterocycles. The molecule has 2 aliphatic rings. The Morgan fingerprint density at radius 1 is 1.22 bits per heavy atom. The van der Waals surface area contributed by atoms with Crippen LogP contribution in [0, 0.1) is 5.92 Å². The minimum Gasteiger partial charge on any atom is -0.465 e. The summed E-state index contributed by atoms with van der Waals surface area (Å²) in [5.41, 5.74) is 0. The van der Waals surface area contributed by atoms with Crippen LogP contribution in [0.15, 0.2) is 0 Å². The molecule has 0 aliphatic carbocycles. The van der Waals surface area contributed by atoms with Crippen LogP contribution in [0.25, 0.3) is 0 Å². The Bertz CT molecular complexity index is 396. The van der Waals surface area contributed by atoms with Crippen molar-refractivity contribution in [1.29, 1.82) is 0 Å². The fourth-order valence-corrected chi connectivity index (χ4v) is 3.49. The molecule has 0 aromatic heterocycles. The second kappa shape index (κ2) is 9.23. The Labute approximate surface area is 139 Å². The minimum atomic E-state index is -0.208. The predicted octanol–water partition coefficient (Wildman–Crippen LogP) is 1.29. The van der Waals surface area contributed by atoms with Crippen LogP contribution in [-0.4, -0.2) is 73.7 Å². The molecule has 0 radical (unpaired) electrons. The number of likely N-dealkylation sites (tertiary alicyclic amines) is 1. The lowest BCUT2D eigenvalue weighted by molar-refractivity contribution is -0.153. The van der Waals surface area contributed by atoms with Gasteiger partial charge in [-0.05, 0) is 32.7 Å². The molecule has 0 N–H and O–H groups in total. The van der Waals surface area contributed by atoms with Crippen molar-refractivity contribution < 1.29 is 19.1 Å². The summed E-state index contributed by atoms with van der Waals surface area (Å²) in [4.78, 5) is 29.0. The van der Waals surface area contributed by atoms with Gasteiger partial charge in [-0.2, -0.15) is 0 Å². The van der Waals surface area contributed by atoms with Crippen LogP contribution >= 0.6 is 0 Å². The molecular formula is C17H30N2O4. The third-order valence-corrected chi connectivity index (χ3v) is 4.69. The normalized spacial score (nSPS) is 24.3. The Kier molecular flexibility index (Phi) is 7.30. The maximum Gasteiger partial charge on any atom is 0.323 e. The molecule has 6 nitrogen and oxygen atoms in total. The summed E-state index contributed by atoms with van der Waals surface area (Å²) < 4.78 is 10.6. The predicted molar refractivity (Wildman–Crippen MR) is 87.0 cm³/mol. The standard InChI is InChI=1S/C17H30N2O4/c1-3-6-15(17(21)23-4-2)19-8-5-7-14(13-19)16(20)18-9-11-22-12-10-18/h14-15H,3-13H2,1-2H3/t14-,15-/m0/s1. The van der Waals surface area contributed by atoms with Crippen LogP contribution in [0.3, 0.4) is 0 Å². The van der Waals surface area contributed by atoms with E-state index in [9.17, 15) is 9.59 Å². The molecule has 0 aromatic carbocycles. The molecule has 2 rings (SSSR count). The number of ether oxygens (including phenoxy) is 2. The van der Waals surface area contributed by atoms with Gasteiger partial charge in [-0.1, -0.05) is 13.3 Å². The highest BCUT2D eigenvalue weighted by Gasteiger charge is 2.35.